The maximum atomic E-state index is 15.2. The van der Waals surface area contributed by atoms with Crippen molar-refractivity contribution in [3.8, 4) is 0 Å². The molecule has 9 rings (SSSR count). The molecule has 368 valence electrons. The Morgan fingerprint density at radius 2 is 1.36 bits per heavy atom. The molecule has 2 aromatic heterocycles. The molecule has 2 aliphatic carbocycles. The number of amides is 7. The van der Waals surface area contributed by atoms with Crippen LogP contribution in [0, 0.1) is 5.92 Å². The highest BCUT2D eigenvalue weighted by molar-refractivity contribution is 6.01. The Kier molecular flexibility index (Phi) is 14.7. The number of hydrogen-bond donors (Lipinski definition) is 7. The van der Waals surface area contributed by atoms with Gasteiger partial charge in [0.05, 0.1) is 13.2 Å². The summed E-state index contributed by atoms with van der Waals surface area (Å²) in [5, 5.41) is 16.7. The van der Waals surface area contributed by atoms with E-state index in [0.29, 0.717) is 58.0 Å². The van der Waals surface area contributed by atoms with E-state index in [9.17, 15) is 24.0 Å². The van der Waals surface area contributed by atoms with Crippen LogP contribution in [0.1, 0.15) is 88.2 Å². The van der Waals surface area contributed by atoms with Crippen LogP contribution in [0.3, 0.4) is 0 Å². The summed E-state index contributed by atoms with van der Waals surface area (Å²) in [7, 11) is 1.53. The molecule has 69 heavy (non-hydrogen) atoms. The first-order valence-electron chi connectivity index (χ1n) is 24.8. The quantitative estimate of drug-likeness (QED) is 0.103. The molecule has 0 unspecified atom stereocenters. The molecule has 7 amide bonds. The Bertz CT molecular complexity index is 2550. The van der Waals surface area contributed by atoms with Crippen molar-refractivity contribution in [1.82, 2.24) is 46.4 Å². The zero-order valence-electron chi connectivity index (χ0n) is 39.3. The third-order valence-electron chi connectivity index (χ3n) is 15.2. The van der Waals surface area contributed by atoms with Crippen molar-refractivity contribution in [3.63, 3.8) is 0 Å². The van der Waals surface area contributed by atoms with Crippen LogP contribution >= 0.6 is 0 Å². The van der Waals surface area contributed by atoms with E-state index in [1.807, 2.05) is 54.7 Å². The van der Waals surface area contributed by atoms with E-state index >= 15 is 9.59 Å². The average molecular weight is 948 g/mol. The number of rotatable bonds is 12. The van der Waals surface area contributed by atoms with Crippen LogP contribution < -0.4 is 26.6 Å². The van der Waals surface area contributed by atoms with Crippen molar-refractivity contribution < 1.29 is 43.0 Å². The topological polar surface area (TPSA) is 236 Å². The summed E-state index contributed by atoms with van der Waals surface area (Å²) in [4.78, 5) is 113. The van der Waals surface area contributed by atoms with Crippen LogP contribution in [0.5, 0.6) is 0 Å². The summed E-state index contributed by atoms with van der Waals surface area (Å²) >= 11 is 0. The van der Waals surface area contributed by atoms with Crippen molar-refractivity contribution in [1.29, 1.82) is 0 Å². The highest BCUT2D eigenvalue weighted by Gasteiger charge is 2.52. The summed E-state index contributed by atoms with van der Waals surface area (Å²) in [6.45, 7) is 0.524. The number of para-hydroxylation sites is 2. The number of carbonyl (C=O) groups excluding carboxylic acids is 7. The first-order valence-corrected chi connectivity index (χ1v) is 24.8. The number of aromatic nitrogens is 2. The summed E-state index contributed by atoms with van der Waals surface area (Å²) in [5.74, 6) is -3.37. The fourth-order valence-corrected chi connectivity index (χ4v) is 11.6. The Hall–Kier alpha value is -6.27. The van der Waals surface area contributed by atoms with Gasteiger partial charge in [-0.3, -0.25) is 33.6 Å². The zero-order chi connectivity index (χ0) is 48.1. The van der Waals surface area contributed by atoms with Crippen LogP contribution in [0.25, 0.3) is 21.8 Å². The summed E-state index contributed by atoms with van der Waals surface area (Å²) in [6, 6.07) is 9.71. The van der Waals surface area contributed by atoms with Crippen molar-refractivity contribution in [2.75, 3.05) is 40.0 Å². The monoisotopic (exact) mass is 947 g/mol. The van der Waals surface area contributed by atoms with Gasteiger partial charge in [0.2, 0.25) is 41.4 Å². The first-order chi connectivity index (χ1) is 33.5. The number of benzene rings is 2. The molecule has 0 bridgehead atoms. The van der Waals surface area contributed by atoms with Crippen LogP contribution in [-0.2, 0) is 55.9 Å². The molecule has 18 nitrogen and oxygen atoms in total. The molecular formula is C51H65N9O9. The van der Waals surface area contributed by atoms with Crippen LogP contribution in [0.15, 0.2) is 60.9 Å². The third-order valence-corrected chi connectivity index (χ3v) is 15.2. The minimum Gasteiger partial charge on any atom is -0.382 e. The number of H-pyrrole nitrogens is 2. The van der Waals surface area contributed by atoms with Crippen molar-refractivity contribution in [3.05, 3.63) is 72.1 Å². The fraction of sp³-hybridized carbons (Fsp3) is 0.549. The lowest BCUT2D eigenvalue weighted by atomic mass is 9.84. The minimum absolute atomic E-state index is 0.0118. The largest absolute Gasteiger partial charge is 0.382 e. The second kappa shape index (κ2) is 21.2. The van der Waals surface area contributed by atoms with Crippen molar-refractivity contribution >= 4 is 63.2 Å². The predicted octanol–water partition coefficient (Wildman–Crippen LogP) is 2.65. The predicted molar refractivity (Wildman–Crippen MR) is 255 cm³/mol. The standard InChI is InChI=1S/C51H65N9O9/c1-68-23-24-69-30-44(61)52-21-18-38-48(65)59-22-10-17-42(59)49(66)60-41-16-7-2-11-31(41)27-43(60)47(64)56-40(26-33-29-54-37-15-6-4-13-35(33)37)46(63)58-51(19-8-9-20-51)50(67)57-39(45(62)55-38)25-32-28-53-36-14-5-3-12-34(32)36/h3-6,12-15,28-29,31,38-43,53-54H,2,7-11,16-27,30H2,1H3,(H,52,61)(H,55,62)(H,56,64)(H,57,67)(H,58,63)/t31-,38+,39+,40+,41-,42-,43-/m1/s1. The van der Waals surface area contributed by atoms with Gasteiger partial charge < -0.3 is 55.8 Å². The molecule has 3 saturated heterocycles. The number of aromatic amines is 2. The van der Waals surface area contributed by atoms with E-state index in [-0.39, 0.29) is 63.4 Å². The summed E-state index contributed by atoms with van der Waals surface area (Å²) < 4.78 is 10.4. The van der Waals surface area contributed by atoms with E-state index in [1.165, 1.54) is 12.0 Å². The summed E-state index contributed by atoms with van der Waals surface area (Å²) in [6.07, 6.45) is 10.3. The van der Waals surface area contributed by atoms with Crippen molar-refractivity contribution in [2.45, 2.75) is 132 Å². The molecular weight excluding hydrogens is 883 g/mol. The average Bonchev–Trinajstić information content (AvgIpc) is 4.22. The van der Waals surface area contributed by atoms with Crippen molar-refractivity contribution in [2.24, 2.45) is 5.92 Å². The molecule has 1 spiro atoms. The summed E-state index contributed by atoms with van der Waals surface area (Å²) in [5.41, 5.74) is 1.82. The minimum atomic E-state index is -1.43. The number of fused-ring (bicyclic) bond motifs is 6. The van der Waals surface area contributed by atoms with Gasteiger partial charge in [0, 0.05) is 73.3 Å². The maximum Gasteiger partial charge on any atom is 0.246 e. The fourth-order valence-electron chi connectivity index (χ4n) is 11.6. The van der Waals surface area contributed by atoms with E-state index in [1.54, 1.807) is 11.1 Å². The van der Waals surface area contributed by atoms with Gasteiger partial charge in [0.25, 0.3) is 0 Å². The highest BCUT2D eigenvalue weighted by atomic mass is 16.5. The number of methoxy groups -OCH3 is 1. The molecule has 5 heterocycles. The molecule has 0 radical (unpaired) electrons. The van der Waals surface area contributed by atoms with Gasteiger partial charge in [-0.15, -0.1) is 0 Å². The van der Waals surface area contributed by atoms with Gasteiger partial charge >= 0.3 is 0 Å². The Morgan fingerprint density at radius 1 is 0.710 bits per heavy atom. The molecule has 2 aromatic carbocycles. The smallest absolute Gasteiger partial charge is 0.246 e. The van der Waals surface area contributed by atoms with E-state index in [4.69, 9.17) is 9.47 Å². The Morgan fingerprint density at radius 3 is 2.06 bits per heavy atom. The number of ether oxygens (including phenoxy) is 2. The second-order valence-corrected chi connectivity index (χ2v) is 19.5. The molecule has 2 saturated carbocycles. The molecule has 7 atom stereocenters. The lowest BCUT2D eigenvalue weighted by Crippen LogP contribution is -2.65. The number of hydrogen-bond acceptors (Lipinski definition) is 9. The molecule has 5 fully saturated rings. The van der Waals surface area contributed by atoms with Gasteiger partial charge in [0.1, 0.15) is 42.4 Å². The van der Waals surface area contributed by atoms with Crippen LogP contribution in [-0.4, -0.2) is 143 Å². The number of nitrogens with one attached hydrogen (secondary N) is 7. The highest BCUT2D eigenvalue weighted by Crippen LogP contribution is 2.41. The SMILES string of the molecule is COCCOCC(=O)NCC[C@@H]1NC(=O)[C@H](Cc2c[nH]c3ccccc23)NC(=O)C2(CCCC2)NC(=O)[C@H](Cc2c[nH]c3ccccc23)NC(=O)[C@H]2C[C@H]3CCCC[C@H]3N2C(=O)[C@H]2CCCN2C1=O. The lowest BCUT2D eigenvalue weighted by molar-refractivity contribution is -0.150. The molecule has 4 aromatic rings. The first kappa shape index (κ1) is 47.8. The van der Waals surface area contributed by atoms with Crippen LogP contribution in [0.4, 0.5) is 0 Å². The van der Waals surface area contributed by atoms with E-state index in [0.717, 1.165) is 52.2 Å². The third kappa shape index (κ3) is 10.2. The second-order valence-electron chi connectivity index (χ2n) is 19.5. The van der Waals surface area contributed by atoms with E-state index < -0.39 is 71.2 Å². The van der Waals surface area contributed by atoms with Gasteiger partial charge in [0.15, 0.2) is 0 Å². The molecule has 3 aliphatic heterocycles. The lowest BCUT2D eigenvalue weighted by Gasteiger charge is -2.38. The number of nitrogens with zero attached hydrogens (tertiary/aromatic N) is 2. The van der Waals surface area contributed by atoms with Gasteiger partial charge in [-0.25, -0.2) is 0 Å². The Balaban J connectivity index is 1.09. The van der Waals surface area contributed by atoms with Gasteiger partial charge in [-0.2, -0.15) is 0 Å². The van der Waals surface area contributed by atoms with Gasteiger partial charge in [-0.1, -0.05) is 62.1 Å². The Labute approximate surface area is 401 Å². The molecule has 5 aliphatic rings. The maximum absolute atomic E-state index is 15.2. The zero-order valence-corrected chi connectivity index (χ0v) is 39.3. The molecule has 7 N–H and O–H groups in total. The van der Waals surface area contributed by atoms with Gasteiger partial charge in [-0.05, 0) is 80.5 Å². The normalized spacial score (nSPS) is 26.8. The van der Waals surface area contributed by atoms with Crippen LogP contribution in [0.2, 0.25) is 0 Å². The number of carbonyl (C=O) groups is 7. The molecule has 18 heteroatoms. The van der Waals surface area contributed by atoms with E-state index in [2.05, 4.69) is 36.6 Å².